The second-order valence-corrected chi connectivity index (χ2v) is 3.62. The van der Waals surface area contributed by atoms with Crippen LogP contribution in [0.4, 0.5) is 0 Å². The van der Waals surface area contributed by atoms with E-state index in [2.05, 4.69) is 5.10 Å². The molecule has 0 saturated carbocycles. The van der Waals surface area contributed by atoms with E-state index in [0.717, 1.165) is 11.3 Å². The van der Waals surface area contributed by atoms with Crippen molar-refractivity contribution in [2.24, 2.45) is 0 Å². The largest absolute Gasteiger partial charge is 0.481 e. The van der Waals surface area contributed by atoms with E-state index in [4.69, 9.17) is 9.84 Å². The summed E-state index contributed by atoms with van der Waals surface area (Å²) in [7, 11) is 1.48. The van der Waals surface area contributed by atoms with E-state index in [1.165, 1.54) is 17.9 Å². The van der Waals surface area contributed by atoms with Crippen LogP contribution in [-0.2, 0) is 0 Å². The highest BCUT2D eigenvalue weighted by Crippen LogP contribution is 2.19. The number of carboxylic acids is 1. The predicted molar refractivity (Wildman–Crippen MR) is 61.8 cm³/mol. The van der Waals surface area contributed by atoms with Gasteiger partial charge in [0.05, 0.1) is 12.8 Å². The summed E-state index contributed by atoms with van der Waals surface area (Å²) in [4.78, 5) is 10.8. The van der Waals surface area contributed by atoms with Crippen molar-refractivity contribution in [3.8, 4) is 11.6 Å². The Labute approximate surface area is 98.3 Å². The second-order valence-electron chi connectivity index (χ2n) is 3.62. The van der Waals surface area contributed by atoms with Gasteiger partial charge in [-0.3, -0.25) is 0 Å². The summed E-state index contributed by atoms with van der Waals surface area (Å²) in [5.41, 5.74) is 1.85. The third-order valence-electron chi connectivity index (χ3n) is 2.38. The molecule has 0 aliphatic carbocycles. The van der Waals surface area contributed by atoms with Crippen molar-refractivity contribution >= 4 is 5.97 Å². The first-order valence-electron chi connectivity index (χ1n) is 5.06. The molecule has 0 fully saturated rings. The summed E-state index contributed by atoms with van der Waals surface area (Å²) in [5, 5.41) is 12.9. The lowest BCUT2D eigenvalue weighted by Gasteiger charge is -2.05. The number of aromatic nitrogens is 2. The highest BCUT2D eigenvalue weighted by molar-refractivity contribution is 5.85. The molecule has 5 nitrogen and oxygen atoms in total. The van der Waals surface area contributed by atoms with Crippen molar-refractivity contribution in [1.82, 2.24) is 9.78 Å². The SMILES string of the molecule is COc1cc(C(=O)O)nn1-c1ccc(C)cc1. The average molecular weight is 232 g/mol. The number of hydrogen-bond donors (Lipinski definition) is 1. The molecule has 2 aromatic rings. The van der Waals surface area contributed by atoms with Crippen molar-refractivity contribution < 1.29 is 14.6 Å². The Morgan fingerprint density at radius 3 is 2.53 bits per heavy atom. The van der Waals surface area contributed by atoms with Crippen LogP contribution in [0.25, 0.3) is 5.69 Å². The first-order valence-corrected chi connectivity index (χ1v) is 5.06. The van der Waals surface area contributed by atoms with E-state index in [1.54, 1.807) is 0 Å². The van der Waals surface area contributed by atoms with Crippen molar-refractivity contribution in [2.45, 2.75) is 6.92 Å². The highest BCUT2D eigenvalue weighted by atomic mass is 16.5. The summed E-state index contributed by atoms with van der Waals surface area (Å²) in [6.45, 7) is 1.98. The van der Waals surface area contributed by atoms with Crippen LogP contribution in [0.1, 0.15) is 16.1 Å². The zero-order valence-electron chi connectivity index (χ0n) is 9.54. The van der Waals surface area contributed by atoms with Crippen LogP contribution in [0.15, 0.2) is 30.3 Å². The molecule has 0 amide bonds. The molecule has 5 heteroatoms. The number of carboxylic acid groups (broad SMARTS) is 1. The molecule has 0 aliphatic heterocycles. The van der Waals surface area contributed by atoms with Gasteiger partial charge >= 0.3 is 5.97 Å². The van der Waals surface area contributed by atoms with E-state index in [0.29, 0.717) is 5.88 Å². The quantitative estimate of drug-likeness (QED) is 0.877. The molecule has 0 radical (unpaired) electrons. The van der Waals surface area contributed by atoms with Crippen LogP contribution in [0.5, 0.6) is 5.88 Å². The molecule has 0 unspecified atom stereocenters. The molecular formula is C12H12N2O3. The molecule has 17 heavy (non-hydrogen) atoms. The zero-order chi connectivity index (χ0) is 12.4. The van der Waals surface area contributed by atoms with Gasteiger partial charge in [0.25, 0.3) is 0 Å². The lowest BCUT2D eigenvalue weighted by atomic mass is 10.2. The Bertz CT molecular complexity index is 543. The molecule has 1 heterocycles. The Morgan fingerprint density at radius 2 is 2.00 bits per heavy atom. The summed E-state index contributed by atoms with van der Waals surface area (Å²) in [6, 6.07) is 8.96. The average Bonchev–Trinajstić information content (AvgIpc) is 2.74. The minimum Gasteiger partial charge on any atom is -0.481 e. The number of benzene rings is 1. The molecule has 0 bridgehead atoms. The van der Waals surface area contributed by atoms with Gasteiger partial charge in [-0.05, 0) is 19.1 Å². The Kier molecular flexibility index (Phi) is 2.82. The van der Waals surface area contributed by atoms with Crippen LogP contribution in [0.3, 0.4) is 0 Å². The lowest BCUT2D eigenvalue weighted by molar-refractivity contribution is 0.0690. The van der Waals surface area contributed by atoms with Gasteiger partial charge in [-0.1, -0.05) is 17.7 Å². The van der Waals surface area contributed by atoms with Gasteiger partial charge in [-0.15, -0.1) is 0 Å². The van der Waals surface area contributed by atoms with Crippen LogP contribution in [-0.4, -0.2) is 28.0 Å². The van der Waals surface area contributed by atoms with E-state index in [9.17, 15) is 4.79 Å². The fourth-order valence-corrected chi connectivity index (χ4v) is 1.48. The third-order valence-corrected chi connectivity index (χ3v) is 2.38. The number of carbonyl (C=O) groups is 1. The Hall–Kier alpha value is -2.30. The number of nitrogens with zero attached hydrogens (tertiary/aromatic N) is 2. The van der Waals surface area contributed by atoms with Gasteiger partial charge in [0.1, 0.15) is 0 Å². The number of ether oxygens (including phenoxy) is 1. The maximum Gasteiger partial charge on any atom is 0.356 e. The number of hydrogen-bond acceptors (Lipinski definition) is 3. The third kappa shape index (κ3) is 2.13. The summed E-state index contributed by atoms with van der Waals surface area (Å²) in [5.74, 6) is -0.680. The molecule has 1 aromatic heterocycles. The summed E-state index contributed by atoms with van der Waals surface area (Å²) in [6.07, 6.45) is 0. The maximum atomic E-state index is 10.8. The monoisotopic (exact) mass is 232 g/mol. The molecule has 0 atom stereocenters. The van der Waals surface area contributed by atoms with Crippen molar-refractivity contribution in [1.29, 1.82) is 0 Å². The topological polar surface area (TPSA) is 64.3 Å². The Morgan fingerprint density at radius 1 is 1.35 bits per heavy atom. The van der Waals surface area contributed by atoms with Gasteiger partial charge in [0.15, 0.2) is 5.69 Å². The van der Waals surface area contributed by atoms with Gasteiger partial charge in [-0.25, -0.2) is 9.48 Å². The Balaban J connectivity index is 2.50. The van der Waals surface area contributed by atoms with Crippen molar-refractivity contribution in [2.75, 3.05) is 7.11 Å². The molecule has 0 aliphatic rings. The smallest absolute Gasteiger partial charge is 0.356 e. The van der Waals surface area contributed by atoms with Crippen molar-refractivity contribution in [3.05, 3.63) is 41.6 Å². The van der Waals surface area contributed by atoms with Crippen molar-refractivity contribution in [3.63, 3.8) is 0 Å². The minimum atomic E-state index is -1.07. The number of methoxy groups -OCH3 is 1. The summed E-state index contributed by atoms with van der Waals surface area (Å²) >= 11 is 0. The van der Waals surface area contributed by atoms with Gasteiger partial charge in [0.2, 0.25) is 5.88 Å². The van der Waals surface area contributed by atoms with E-state index in [1.807, 2.05) is 31.2 Å². The van der Waals surface area contributed by atoms with Gasteiger partial charge in [0, 0.05) is 6.07 Å². The van der Waals surface area contributed by atoms with Crippen LogP contribution in [0, 0.1) is 6.92 Å². The fourth-order valence-electron chi connectivity index (χ4n) is 1.48. The maximum absolute atomic E-state index is 10.8. The zero-order valence-corrected chi connectivity index (χ0v) is 9.54. The highest BCUT2D eigenvalue weighted by Gasteiger charge is 2.14. The minimum absolute atomic E-state index is 0.0394. The first-order chi connectivity index (χ1) is 8.11. The van der Waals surface area contributed by atoms with Crippen LogP contribution >= 0.6 is 0 Å². The standard InChI is InChI=1S/C12H12N2O3/c1-8-3-5-9(6-4-8)14-11(17-2)7-10(13-14)12(15)16/h3-7H,1-2H3,(H,15,16). The molecule has 1 N–H and O–H groups in total. The molecule has 0 saturated heterocycles. The predicted octanol–water partition coefficient (Wildman–Crippen LogP) is 1.89. The number of aryl methyl sites for hydroxylation is 1. The molecule has 2 rings (SSSR count). The second kappa shape index (κ2) is 4.29. The molecule has 88 valence electrons. The number of rotatable bonds is 3. The summed E-state index contributed by atoms with van der Waals surface area (Å²) < 4.78 is 6.56. The normalized spacial score (nSPS) is 10.2. The molecular weight excluding hydrogens is 220 g/mol. The molecule has 1 aromatic carbocycles. The molecule has 0 spiro atoms. The number of aromatic carboxylic acids is 1. The lowest BCUT2D eigenvalue weighted by Crippen LogP contribution is -2.02. The van der Waals surface area contributed by atoms with Crippen LogP contribution < -0.4 is 4.74 Å². The van der Waals surface area contributed by atoms with E-state index in [-0.39, 0.29) is 5.69 Å². The fraction of sp³-hybridized carbons (Fsp3) is 0.167. The van der Waals surface area contributed by atoms with E-state index < -0.39 is 5.97 Å². The van der Waals surface area contributed by atoms with E-state index >= 15 is 0 Å². The first kappa shape index (κ1) is 11.2. The van der Waals surface area contributed by atoms with Crippen LogP contribution in [0.2, 0.25) is 0 Å². The van der Waals surface area contributed by atoms with Gasteiger partial charge in [-0.2, -0.15) is 5.10 Å². The van der Waals surface area contributed by atoms with Gasteiger partial charge < -0.3 is 9.84 Å².